The van der Waals surface area contributed by atoms with Gasteiger partial charge in [0.15, 0.2) is 5.76 Å². The van der Waals surface area contributed by atoms with Crippen LogP contribution in [0.25, 0.3) is 22.5 Å². The van der Waals surface area contributed by atoms with E-state index in [2.05, 4.69) is 15.5 Å². The monoisotopic (exact) mass is 481 g/mol. The third-order valence-corrected chi connectivity index (χ3v) is 7.08. The number of hydrogen-bond acceptors (Lipinski definition) is 6. The van der Waals surface area contributed by atoms with Crippen LogP contribution in [0.4, 0.5) is 11.5 Å². The Bertz CT molecular complexity index is 1420. The van der Waals surface area contributed by atoms with Crippen molar-refractivity contribution in [2.45, 2.75) is 38.0 Å². The van der Waals surface area contributed by atoms with E-state index in [1.807, 2.05) is 73.7 Å². The molecule has 0 aliphatic heterocycles. The maximum Gasteiger partial charge on any atom is 0.314 e. The number of anilines is 2. The molecule has 7 nitrogen and oxygen atoms in total. The Morgan fingerprint density at radius 1 is 1.06 bits per heavy atom. The molecular weight excluding hydrogens is 454 g/mol. The number of benzene rings is 2. The zero-order valence-electron chi connectivity index (χ0n) is 20.0. The van der Waals surface area contributed by atoms with Crippen LogP contribution in [0.2, 0.25) is 0 Å². The number of aliphatic carboxylic acids is 1. The summed E-state index contributed by atoms with van der Waals surface area (Å²) >= 11 is 0. The molecule has 0 bridgehead atoms. The summed E-state index contributed by atoms with van der Waals surface area (Å²) in [6.45, 7) is 2.59. The van der Waals surface area contributed by atoms with Crippen LogP contribution >= 0.6 is 0 Å². The average Bonchev–Trinajstić information content (AvgIpc) is 3.83. The van der Waals surface area contributed by atoms with Crippen molar-refractivity contribution < 1.29 is 19.2 Å². The highest BCUT2D eigenvalue weighted by atomic mass is 16.5. The number of carboxylic acid groups (broad SMARTS) is 1. The molecule has 182 valence electrons. The fourth-order valence-electron chi connectivity index (χ4n) is 4.53. The van der Waals surface area contributed by atoms with Crippen molar-refractivity contribution >= 4 is 17.5 Å². The van der Waals surface area contributed by atoms with Crippen molar-refractivity contribution in [2.24, 2.45) is 5.92 Å². The van der Waals surface area contributed by atoms with Crippen molar-refractivity contribution in [1.29, 1.82) is 0 Å². The van der Waals surface area contributed by atoms with Gasteiger partial charge in [0.2, 0.25) is 5.88 Å². The van der Waals surface area contributed by atoms with E-state index in [4.69, 9.17) is 9.26 Å². The van der Waals surface area contributed by atoms with Gasteiger partial charge < -0.3 is 19.7 Å². The number of pyridine rings is 1. The molecule has 7 heteroatoms. The van der Waals surface area contributed by atoms with Crippen LogP contribution in [-0.4, -0.2) is 27.8 Å². The first kappa shape index (κ1) is 22.3. The van der Waals surface area contributed by atoms with E-state index in [0.29, 0.717) is 42.8 Å². The van der Waals surface area contributed by atoms with E-state index in [1.54, 1.807) is 0 Å². The van der Waals surface area contributed by atoms with Crippen molar-refractivity contribution in [3.8, 4) is 28.3 Å². The summed E-state index contributed by atoms with van der Waals surface area (Å²) in [6, 6.07) is 21.4. The van der Waals surface area contributed by atoms with Crippen LogP contribution in [0.1, 0.15) is 36.9 Å². The molecule has 36 heavy (non-hydrogen) atoms. The van der Waals surface area contributed by atoms with E-state index in [9.17, 15) is 9.90 Å². The smallest absolute Gasteiger partial charge is 0.314 e. The largest absolute Gasteiger partial charge is 0.481 e. The summed E-state index contributed by atoms with van der Waals surface area (Å²) in [5.74, 6) is 1.76. The maximum absolute atomic E-state index is 11.7. The Morgan fingerprint density at radius 2 is 1.81 bits per heavy atom. The number of nitrogens with one attached hydrogen (secondary N) is 1. The van der Waals surface area contributed by atoms with Gasteiger partial charge in [-0.25, -0.2) is 0 Å². The van der Waals surface area contributed by atoms with E-state index < -0.39 is 11.4 Å². The zero-order chi connectivity index (χ0) is 24.7. The Morgan fingerprint density at radius 3 is 2.50 bits per heavy atom. The Kier molecular flexibility index (Phi) is 5.48. The van der Waals surface area contributed by atoms with Gasteiger partial charge in [0.05, 0.1) is 12.0 Å². The molecule has 2 aromatic carbocycles. The molecule has 2 aromatic heterocycles. The zero-order valence-corrected chi connectivity index (χ0v) is 20.0. The van der Waals surface area contributed by atoms with Gasteiger partial charge in [-0.15, -0.1) is 0 Å². The number of ether oxygens (including phenoxy) is 1. The van der Waals surface area contributed by atoms with Crippen LogP contribution in [-0.2, 0) is 10.2 Å². The quantitative estimate of drug-likeness (QED) is 0.287. The normalized spacial score (nSPS) is 15.9. The first-order valence-corrected chi connectivity index (χ1v) is 12.3. The number of carbonyl (C=O) groups is 1. The molecule has 2 aliphatic rings. The van der Waals surface area contributed by atoms with E-state index in [-0.39, 0.29) is 0 Å². The third-order valence-electron chi connectivity index (χ3n) is 7.08. The number of carboxylic acids is 1. The molecule has 0 saturated heterocycles. The van der Waals surface area contributed by atoms with Gasteiger partial charge in [-0.2, -0.15) is 4.98 Å². The summed E-state index contributed by atoms with van der Waals surface area (Å²) in [4.78, 5) is 16.3. The SMILES string of the molecule is Cc1noc(-c2ccccc2-c2ccc(C3(C(=O)O)CC3)cc2)c1Nc1cccc(OCC2CC2)n1. The van der Waals surface area contributed by atoms with Crippen molar-refractivity contribution in [2.75, 3.05) is 11.9 Å². The highest BCUT2D eigenvalue weighted by Crippen LogP contribution is 2.49. The summed E-state index contributed by atoms with van der Waals surface area (Å²) in [7, 11) is 0. The van der Waals surface area contributed by atoms with Crippen LogP contribution in [0.5, 0.6) is 5.88 Å². The molecule has 2 fully saturated rings. The van der Waals surface area contributed by atoms with E-state index >= 15 is 0 Å². The highest BCUT2D eigenvalue weighted by molar-refractivity contribution is 5.89. The molecule has 0 atom stereocenters. The van der Waals surface area contributed by atoms with Crippen molar-refractivity contribution in [3.05, 3.63) is 78.0 Å². The molecule has 0 radical (unpaired) electrons. The molecule has 2 aliphatic carbocycles. The number of nitrogens with zero attached hydrogens (tertiary/aromatic N) is 2. The lowest BCUT2D eigenvalue weighted by molar-refractivity contribution is -0.140. The van der Waals surface area contributed by atoms with Gasteiger partial charge in [0, 0.05) is 11.6 Å². The first-order valence-electron chi connectivity index (χ1n) is 12.3. The lowest BCUT2D eigenvalue weighted by Crippen LogP contribution is -2.19. The van der Waals surface area contributed by atoms with Gasteiger partial charge in [-0.3, -0.25) is 4.79 Å². The first-order chi connectivity index (χ1) is 17.5. The summed E-state index contributed by atoms with van der Waals surface area (Å²) < 4.78 is 11.6. The third kappa shape index (κ3) is 4.21. The Labute approximate surface area is 209 Å². The number of hydrogen-bond donors (Lipinski definition) is 2. The summed E-state index contributed by atoms with van der Waals surface area (Å²) in [5, 5.41) is 17.2. The maximum atomic E-state index is 11.7. The lowest BCUT2D eigenvalue weighted by Gasteiger charge is -2.13. The van der Waals surface area contributed by atoms with Gasteiger partial charge in [-0.1, -0.05) is 59.8 Å². The fourth-order valence-corrected chi connectivity index (χ4v) is 4.53. The standard InChI is InChI=1S/C29H27N3O4/c1-18-26(31-24-7-4-8-25(30-24)35-17-19-9-10-19)27(36-32-18)23-6-3-2-5-22(23)20-11-13-21(14-12-20)29(15-16-29)28(33)34/h2-8,11-14,19H,9-10,15-17H2,1H3,(H,30,31)(H,33,34). The minimum atomic E-state index is -0.751. The second-order valence-corrected chi connectivity index (χ2v) is 9.72. The van der Waals surface area contributed by atoms with Crippen LogP contribution in [0, 0.1) is 12.8 Å². The molecule has 0 spiro atoms. The molecule has 0 unspecified atom stereocenters. The summed E-state index contributed by atoms with van der Waals surface area (Å²) in [6.07, 6.45) is 3.82. The van der Waals surface area contributed by atoms with Crippen LogP contribution in [0.3, 0.4) is 0 Å². The fraction of sp³-hybridized carbons (Fsp3) is 0.276. The molecular formula is C29H27N3O4. The molecule has 0 amide bonds. The van der Waals surface area contributed by atoms with Crippen molar-refractivity contribution in [3.63, 3.8) is 0 Å². The topological polar surface area (TPSA) is 97.5 Å². The van der Waals surface area contributed by atoms with Gasteiger partial charge in [0.1, 0.15) is 17.2 Å². The second-order valence-electron chi connectivity index (χ2n) is 9.72. The Balaban J connectivity index is 1.30. The minimum absolute atomic E-state index is 0.595. The number of aryl methyl sites for hydroxylation is 1. The number of rotatable bonds is 9. The average molecular weight is 482 g/mol. The second kappa shape index (κ2) is 8.82. The van der Waals surface area contributed by atoms with Gasteiger partial charge in [-0.05, 0) is 61.3 Å². The minimum Gasteiger partial charge on any atom is -0.481 e. The Hall–Kier alpha value is -4.13. The highest BCUT2D eigenvalue weighted by Gasteiger charge is 2.51. The van der Waals surface area contributed by atoms with Gasteiger partial charge >= 0.3 is 5.97 Å². The van der Waals surface area contributed by atoms with Crippen LogP contribution in [0.15, 0.2) is 71.3 Å². The van der Waals surface area contributed by atoms with Crippen LogP contribution < -0.4 is 10.1 Å². The molecule has 2 heterocycles. The lowest BCUT2D eigenvalue weighted by atomic mass is 9.92. The van der Waals surface area contributed by atoms with E-state index in [1.165, 1.54) is 12.8 Å². The van der Waals surface area contributed by atoms with Crippen molar-refractivity contribution in [1.82, 2.24) is 10.1 Å². The van der Waals surface area contributed by atoms with E-state index in [0.717, 1.165) is 33.6 Å². The summed E-state index contributed by atoms with van der Waals surface area (Å²) in [5.41, 5.74) is 4.42. The molecule has 2 N–H and O–H groups in total. The predicted molar refractivity (Wildman–Crippen MR) is 136 cm³/mol. The number of aromatic nitrogens is 2. The predicted octanol–water partition coefficient (Wildman–Crippen LogP) is 6.36. The molecule has 2 saturated carbocycles. The van der Waals surface area contributed by atoms with Gasteiger partial charge in [0.25, 0.3) is 0 Å². The molecule has 6 rings (SSSR count). The molecule has 4 aromatic rings.